The second-order valence-corrected chi connectivity index (χ2v) is 10.6. The third-order valence-electron chi connectivity index (χ3n) is 8.17. The maximum atomic E-state index is 14.3. The first-order chi connectivity index (χ1) is 18.6. The molecule has 0 radical (unpaired) electrons. The highest BCUT2D eigenvalue weighted by Gasteiger charge is 2.28. The second-order valence-electron chi connectivity index (χ2n) is 10.6. The minimum Gasteiger partial charge on any atom is -0.493 e. The number of ether oxygens (including phenoxy) is 2. The van der Waals surface area contributed by atoms with Crippen molar-refractivity contribution in [2.45, 2.75) is 51.6 Å². The van der Waals surface area contributed by atoms with Gasteiger partial charge in [-0.25, -0.2) is 4.98 Å². The van der Waals surface area contributed by atoms with Crippen LogP contribution in [0.2, 0.25) is 0 Å². The predicted octanol–water partition coefficient (Wildman–Crippen LogP) is 5.02. The monoisotopic (exact) mass is 516 g/mol. The summed E-state index contributed by atoms with van der Waals surface area (Å²) in [6, 6.07) is 14.1. The average Bonchev–Trinajstić information content (AvgIpc) is 2.97. The third kappa shape index (κ3) is 5.64. The lowest BCUT2D eigenvalue weighted by Gasteiger charge is -2.31. The number of nitrogens with one attached hydrogen (secondary N) is 2. The van der Waals surface area contributed by atoms with E-state index in [1.165, 1.54) is 32.1 Å². The third-order valence-corrected chi connectivity index (χ3v) is 8.17. The Kier molecular flexibility index (Phi) is 8.45. The molecule has 0 unspecified atom stereocenters. The molecule has 1 aromatic heterocycles. The van der Waals surface area contributed by atoms with Gasteiger partial charge in [-0.1, -0.05) is 49.6 Å². The van der Waals surface area contributed by atoms with Crippen LogP contribution in [0.5, 0.6) is 11.5 Å². The largest absolute Gasteiger partial charge is 0.493 e. The lowest BCUT2D eigenvalue weighted by Crippen LogP contribution is -2.43. The number of carbonyl (C=O) groups is 1. The van der Waals surface area contributed by atoms with E-state index in [0.717, 1.165) is 53.9 Å². The van der Waals surface area contributed by atoms with Crippen LogP contribution in [0.15, 0.2) is 42.5 Å². The molecule has 5 rings (SSSR count). The molecule has 2 N–H and O–H groups in total. The van der Waals surface area contributed by atoms with E-state index < -0.39 is 0 Å². The van der Waals surface area contributed by atoms with E-state index in [1.807, 2.05) is 30.3 Å². The number of aromatic nitrogens is 1. The summed E-state index contributed by atoms with van der Waals surface area (Å²) < 4.78 is 11.3. The van der Waals surface area contributed by atoms with E-state index in [2.05, 4.69) is 34.6 Å². The highest BCUT2D eigenvalue weighted by molar-refractivity contribution is 6.09. The topological polar surface area (TPSA) is 75.7 Å². The average molecular weight is 517 g/mol. The molecule has 1 aliphatic carbocycles. The number of methoxy groups -OCH3 is 2. The Morgan fingerprint density at radius 2 is 1.74 bits per heavy atom. The van der Waals surface area contributed by atoms with Gasteiger partial charge in [0.1, 0.15) is 0 Å². The van der Waals surface area contributed by atoms with Crippen LogP contribution in [0, 0.1) is 5.92 Å². The summed E-state index contributed by atoms with van der Waals surface area (Å²) >= 11 is 0. The van der Waals surface area contributed by atoms with Gasteiger partial charge in [0.25, 0.3) is 5.91 Å². The van der Waals surface area contributed by atoms with Gasteiger partial charge in [-0.15, -0.1) is 0 Å². The highest BCUT2D eigenvalue weighted by Crippen LogP contribution is 2.38. The van der Waals surface area contributed by atoms with Gasteiger partial charge < -0.3 is 20.1 Å². The molecule has 202 valence electrons. The number of hydrogen-bond donors (Lipinski definition) is 2. The fourth-order valence-corrected chi connectivity index (χ4v) is 6.00. The number of pyridine rings is 1. The van der Waals surface area contributed by atoms with Crippen LogP contribution in [0.1, 0.15) is 54.9 Å². The van der Waals surface area contributed by atoms with Gasteiger partial charge in [0, 0.05) is 61.3 Å². The van der Waals surface area contributed by atoms with Crippen molar-refractivity contribution in [3.8, 4) is 22.8 Å². The summed E-state index contributed by atoms with van der Waals surface area (Å²) in [4.78, 5) is 21.8. The van der Waals surface area contributed by atoms with Gasteiger partial charge in [0.2, 0.25) is 0 Å². The summed E-state index contributed by atoms with van der Waals surface area (Å²) in [6.45, 7) is 6.55. The Hall–Kier alpha value is -3.16. The van der Waals surface area contributed by atoms with Crippen molar-refractivity contribution < 1.29 is 14.3 Å². The van der Waals surface area contributed by atoms with Crippen molar-refractivity contribution in [3.63, 3.8) is 0 Å². The first-order valence-corrected chi connectivity index (χ1v) is 14.0. The summed E-state index contributed by atoms with van der Waals surface area (Å²) in [5.41, 5.74) is 4.23. The number of benzene rings is 2. The van der Waals surface area contributed by atoms with E-state index in [1.54, 1.807) is 14.2 Å². The fraction of sp³-hybridized carbons (Fsp3) is 0.484. The molecule has 1 saturated carbocycles. The molecule has 0 bridgehead atoms. The van der Waals surface area contributed by atoms with Crippen LogP contribution < -0.4 is 20.1 Å². The molecule has 1 aliphatic heterocycles. The summed E-state index contributed by atoms with van der Waals surface area (Å²) in [5.74, 6) is 1.67. The van der Waals surface area contributed by atoms with Gasteiger partial charge in [0.05, 0.1) is 31.0 Å². The van der Waals surface area contributed by atoms with Crippen LogP contribution in [0.4, 0.5) is 0 Å². The molecule has 2 heterocycles. The second kappa shape index (κ2) is 12.1. The number of amides is 1. The summed E-state index contributed by atoms with van der Waals surface area (Å²) in [6.07, 6.45) is 6.13. The maximum absolute atomic E-state index is 14.3. The molecular formula is C31H40N4O3. The van der Waals surface area contributed by atoms with Gasteiger partial charge in [0.15, 0.2) is 11.5 Å². The number of nitrogens with zero attached hydrogens (tertiary/aromatic N) is 2. The molecule has 2 aliphatic rings. The molecule has 38 heavy (non-hydrogen) atoms. The number of rotatable bonds is 8. The van der Waals surface area contributed by atoms with E-state index in [0.29, 0.717) is 29.5 Å². The lowest BCUT2D eigenvalue weighted by molar-refractivity contribution is 0.0918. The quantitative estimate of drug-likeness (QED) is 0.438. The first-order valence-electron chi connectivity index (χ1n) is 14.0. The van der Waals surface area contributed by atoms with E-state index in [-0.39, 0.29) is 11.9 Å². The SMILES string of the molecule is COc1cc2nc(-c3ccccc3)c(CN3CCNCC3)c(C(=O)N[C@@H](C)C3CCCCC3)c2cc1OC. The van der Waals surface area contributed by atoms with Crippen molar-refractivity contribution in [2.24, 2.45) is 5.92 Å². The minimum absolute atomic E-state index is 0.0370. The zero-order valence-corrected chi connectivity index (χ0v) is 22.9. The van der Waals surface area contributed by atoms with E-state index in [4.69, 9.17) is 14.5 Å². The van der Waals surface area contributed by atoms with Gasteiger partial charge >= 0.3 is 0 Å². The molecule has 0 spiro atoms. The van der Waals surface area contributed by atoms with E-state index >= 15 is 0 Å². The Bertz CT molecular complexity index is 1250. The lowest BCUT2D eigenvalue weighted by atomic mass is 9.84. The Balaban J connectivity index is 1.68. The van der Waals surface area contributed by atoms with Gasteiger partial charge in [-0.05, 0) is 31.7 Å². The molecule has 3 aromatic rings. The van der Waals surface area contributed by atoms with Crippen molar-refractivity contribution in [1.82, 2.24) is 20.5 Å². The number of hydrogen-bond acceptors (Lipinski definition) is 6. The van der Waals surface area contributed by atoms with Crippen LogP contribution in [0.25, 0.3) is 22.2 Å². The Morgan fingerprint density at radius 1 is 1.05 bits per heavy atom. The van der Waals surface area contributed by atoms with Crippen molar-refractivity contribution in [2.75, 3.05) is 40.4 Å². The van der Waals surface area contributed by atoms with Gasteiger partial charge in [-0.3, -0.25) is 9.69 Å². The van der Waals surface area contributed by atoms with Crippen molar-refractivity contribution in [3.05, 3.63) is 53.6 Å². The zero-order valence-electron chi connectivity index (χ0n) is 22.9. The number of carbonyl (C=O) groups excluding carboxylic acids is 1. The van der Waals surface area contributed by atoms with Crippen molar-refractivity contribution >= 4 is 16.8 Å². The van der Waals surface area contributed by atoms with Crippen molar-refractivity contribution in [1.29, 1.82) is 0 Å². The molecular weight excluding hydrogens is 476 g/mol. The molecule has 7 nitrogen and oxygen atoms in total. The molecule has 2 aromatic carbocycles. The molecule has 1 atom stereocenters. The Morgan fingerprint density at radius 3 is 2.42 bits per heavy atom. The first kappa shape index (κ1) is 26.4. The van der Waals surface area contributed by atoms with Gasteiger partial charge in [-0.2, -0.15) is 0 Å². The molecule has 7 heteroatoms. The number of fused-ring (bicyclic) bond motifs is 1. The highest BCUT2D eigenvalue weighted by atomic mass is 16.5. The Labute approximate surface area is 225 Å². The van der Waals surface area contributed by atoms with E-state index in [9.17, 15) is 4.79 Å². The van der Waals surface area contributed by atoms with Crippen LogP contribution >= 0.6 is 0 Å². The zero-order chi connectivity index (χ0) is 26.5. The molecule has 2 fully saturated rings. The van der Waals surface area contributed by atoms with Crippen LogP contribution in [-0.4, -0.2) is 62.2 Å². The standard InChI is InChI=1S/C31H40N4O3/c1-21(22-10-6-4-7-11-22)33-31(36)29-24-18-27(37-2)28(38-3)19-26(24)34-30(23-12-8-5-9-13-23)25(29)20-35-16-14-32-15-17-35/h5,8-9,12-13,18-19,21-22,32H,4,6-7,10-11,14-17,20H2,1-3H3,(H,33,36)/t21-/m0/s1. The van der Waals surface area contributed by atoms with Crippen LogP contribution in [0.3, 0.4) is 0 Å². The molecule has 1 amide bonds. The predicted molar refractivity (Wildman–Crippen MR) is 152 cm³/mol. The smallest absolute Gasteiger partial charge is 0.252 e. The summed E-state index contributed by atoms with van der Waals surface area (Å²) in [5, 5.41) is 7.64. The fourth-order valence-electron chi connectivity index (χ4n) is 6.00. The summed E-state index contributed by atoms with van der Waals surface area (Å²) in [7, 11) is 3.25. The van der Waals surface area contributed by atoms with Crippen LogP contribution in [-0.2, 0) is 6.54 Å². The molecule has 1 saturated heterocycles. The normalized spacial score (nSPS) is 17.8. The number of piperazine rings is 1. The maximum Gasteiger partial charge on any atom is 0.252 e. The minimum atomic E-state index is -0.0370.